The van der Waals surface area contributed by atoms with Gasteiger partial charge in [-0.3, -0.25) is 24.5 Å². The molecule has 1 aliphatic carbocycles. The Bertz CT molecular complexity index is 844. The van der Waals surface area contributed by atoms with Crippen LogP contribution in [0.1, 0.15) is 23.2 Å². The zero-order valence-corrected chi connectivity index (χ0v) is 14.0. The molecule has 0 radical (unpaired) electrons. The van der Waals surface area contributed by atoms with Crippen molar-refractivity contribution in [2.24, 2.45) is 5.92 Å². The fraction of sp³-hybridized carbons (Fsp3) is 0.357. The lowest BCUT2D eigenvalue weighted by Gasteiger charge is -2.21. The number of hydrogen-bond acceptors (Lipinski definition) is 7. The number of nitro groups is 1. The lowest BCUT2D eigenvalue weighted by atomic mass is 9.81. The smallest absolute Gasteiger partial charge is 0.288 e. The van der Waals surface area contributed by atoms with Gasteiger partial charge in [0.05, 0.1) is 4.92 Å². The van der Waals surface area contributed by atoms with Crippen molar-refractivity contribution in [3.63, 3.8) is 0 Å². The summed E-state index contributed by atoms with van der Waals surface area (Å²) >= 11 is 5.75. The monoisotopic (exact) mass is 373 g/mol. The Morgan fingerprint density at radius 2 is 1.79 bits per heavy atom. The van der Waals surface area contributed by atoms with Gasteiger partial charge in [-0.15, -0.1) is 11.6 Å². The molecule has 10 heteroatoms. The molecule has 0 atom stereocenters. The maximum atomic E-state index is 12.4. The minimum absolute atomic E-state index is 0.146. The van der Waals surface area contributed by atoms with Gasteiger partial charge < -0.3 is 0 Å². The topological polar surface area (TPSA) is 128 Å². The predicted molar refractivity (Wildman–Crippen MR) is 82.9 cm³/mol. The van der Waals surface area contributed by atoms with Gasteiger partial charge in [-0.1, -0.05) is 0 Å². The molecule has 128 valence electrons. The number of alkyl halides is 1. The Labute approximate surface area is 141 Å². The van der Waals surface area contributed by atoms with E-state index in [1.165, 1.54) is 0 Å². The second-order valence-corrected chi connectivity index (χ2v) is 8.05. The van der Waals surface area contributed by atoms with E-state index in [9.17, 15) is 32.9 Å². The molecule has 0 spiro atoms. The number of hydrogen-bond donors (Lipinski definition) is 0. The van der Waals surface area contributed by atoms with Gasteiger partial charge in [-0.25, -0.2) is 8.42 Å². The third-order valence-electron chi connectivity index (χ3n) is 3.59. The molecular weight excluding hydrogens is 362 g/mol. The van der Waals surface area contributed by atoms with Gasteiger partial charge in [-0.05, 0) is 12.1 Å². The molecule has 8 nitrogen and oxygen atoms in total. The molecule has 0 saturated heterocycles. The summed E-state index contributed by atoms with van der Waals surface area (Å²) in [6.07, 6.45) is 0.506. The van der Waals surface area contributed by atoms with E-state index in [0.29, 0.717) is 0 Å². The number of rotatable bonds is 4. The molecular formula is C14H12ClNO7S. The molecule has 1 aliphatic rings. The first kappa shape index (κ1) is 18.2. The summed E-state index contributed by atoms with van der Waals surface area (Å²) in [5, 5.41) is 10.4. The number of ketones is 3. The lowest BCUT2D eigenvalue weighted by Crippen LogP contribution is -2.39. The highest BCUT2D eigenvalue weighted by atomic mass is 35.5. The van der Waals surface area contributed by atoms with Gasteiger partial charge in [0.2, 0.25) is 0 Å². The molecule has 24 heavy (non-hydrogen) atoms. The van der Waals surface area contributed by atoms with Crippen molar-refractivity contribution in [3.8, 4) is 0 Å². The molecule has 0 bridgehead atoms. The molecule has 2 rings (SSSR count). The van der Waals surface area contributed by atoms with E-state index in [1.54, 1.807) is 0 Å². The summed E-state index contributed by atoms with van der Waals surface area (Å²) in [6.45, 7) is 0. The number of carbonyl (C=O) groups is 3. The van der Waals surface area contributed by atoms with Gasteiger partial charge in [-0.2, -0.15) is 0 Å². The van der Waals surface area contributed by atoms with Gasteiger partial charge in [0.25, 0.3) is 5.69 Å². The van der Waals surface area contributed by atoms with Crippen molar-refractivity contribution in [3.05, 3.63) is 33.9 Å². The van der Waals surface area contributed by atoms with Crippen molar-refractivity contribution in [1.29, 1.82) is 0 Å². The summed E-state index contributed by atoms with van der Waals surface area (Å²) in [6, 6.07) is 2.74. The van der Waals surface area contributed by atoms with Crippen LogP contribution < -0.4 is 0 Å². The minimum Gasteiger partial charge on any atom is -0.298 e. The van der Waals surface area contributed by atoms with Crippen LogP contribution in [0.5, 0.6) is 0 Å². The van der Waals surface area contributed by atoms with Crippen molar-refractivity contribution in [2.45, 2.75) is 23.1 Å². The molecule has 1 aromatic carbocycles. The summed E-state index contributed by atoms with van der Waals surface area (Å²) in [4.78, 5) is 45.8. The third kappa shape index (κ3) is 3.51. The standard InChI is InChI=1S/C14H12ClNO7S/c1-24(22,23)12-3-2-7(4-9(12)16(20)21)14(19)13-10(17)5-8(15)6-11(13)18/h2-4,8,13H,5-6H2,1H3. The number of halogens is 1. The number of carbonyl (C=O) groups excluding carboxylic acids is 3. The SMILES string of the molecule is CS(=O)(=O)c1ccc(C(=O)C2C(=O)CC(Cl)CC2=O)cc1[N+](=O)[O-]. The first-order valence-electron chi connectivity index (χ1n) is 6.74. The van der Waals surface area contributed by atoms with Crippen LogP contribution in [-0.2, 0) is 19.4 Å². The van der Waals surface area contributed by atoms with Crippen molar-refractivity contribution >= 4 is 44.5 Å². The summed E-state index contributed by atoms with van der Waals surface area (Å²) in [5.41, 5.74) is -1.05. The molecule has 0 amide bonds. The van der Waals surface area contributed by atoms with Crippen LogP contribution in [0.15, 0.2) is 23.1 Å². The maximum Gasteiger partial charge on any atom is 0.288 e. The summed E-state index contributed by atoms with van der Waals surface area (Å²) in [5.74, 6) is -3.74. The van der Waals surface area contributed by atoms with E-state index < -0.39 is 54.0 Å². The summed E-state index contributed by atoms with van der Waals surface area (Å²) in [7, 11) is -3.88. The fourth-order valence-electron chi connectivity index (χ4n) is 2.51. The number of sulfone groups is 1. The van der Waals surface area contributed by atoms with Crippen LogP contribution in [0.4, 0.5) is 5.69 Å². The van der Waals surface area contributed by atoms with Gasteiger partial charge in [0.1, 0.15) is 10.8 Å². The normalized spacial score (nSPS) is 21.6. The number of nitro benzene ring substituents is 1. The van der Waals surface area contributed by atoms with E-state index in [1.807, 2.05) is 0 Å². The highest BCUT2D eigenvalue weighted by molar-refractivity contribution is 7.90. The van der Waals surface area contributed by atoms with Crippen LogP contribution in [-0.4, -0.2) is 42.3 Å². The van der Waals surface area contributed by atoms with Crippen LogP contribution in [0.3, 0.4) is 0 Å². The molecule has 1 fully saturated rings. The number of nitrogens with zero attached hydrogens (tertiary/aromatic N) is 1. The third-order valence-corrected chi connectivity index (χ3v) is 5.04. The van der Waals surface area contributed by atoms with E-state index in [4.69, 9.17) is 11.6 Å². The molecule has 0 unspecified atom stereocenters. The number of Topliss-reactive ketones (excluding diaryl/α,β-unsaturated/α-hetero) is 3. The molecule has 0 aromatic heterocycles. The molecule has 0 aliphatic heterocycles. The quantitative estimate of drug-likeness (QED) is 0.256. The van der Waals surface area contributed by atoms with Gasteiger partial charge in [0.15, 0.2) is 27.2 Å². The zero-order valence-electron chi connectivity index (χ0n) is 12.4. The first-order valence-corrected chi connectivity index (χ1v) is 9.07. The molecule has 0 heterocycles. The minimum atomic E-state index is -3.88. The molecule has 1 saturated carbocycles. The average molecular weight is 374 g/mol. The largest absolute Gasteiger partial charge is 0.298 e. The van der Waals surface area contributed by atoms with E-state index >= 15 is 0 Å². The second kappa shape index (κ2) is 6.40. The van der Waals surface area contributed by atoms with E-state index in [-0.39, 0.29) is 18.4 Å². The first-order chi connectivity index (χ1) is 11.0. The second-order valence-electron chi connectivity index (χ2n) is 5.45. The number of benzene rings is 1. The van der Waals surface area contributed by atoms with Crippen molar-refractivity contribution in [1.82, 2.24) is 0 Å². The zero-order chi connectivity index (χ0) is 18.2. The Hall–Kier alpha value is -2.13. The van der Waals surface area contributed by atoms with Gasteiger partial charge in [0, 0.05) is 36.1 Å². The lowest BCUT2D eigenvalue weighted by molar-refractivity contribution is -0.387. The fourth-order valence-corrected chi connectivity index (χ4v) is 3.64. The molecule has 1 aromatic rings. The summed E-state index contributed by atoms with van der Waals surface area (Å²) < 4.78 is 23.1. The highest BCUT2D eigenvalue weighted by Crippen LogP contribution is 2.29. The average Bonchev–Trinajstić information content (AvgIpc) is 2.44. The van der Waals surface area contributed by atoms with Crippen LogP contribution in [0.2, 0.25) is 0 Å². The van der Waals surface area contributed by atoms with Crippen molar-refractivity contribution in [2.75, 3.05) is 6.26 Å². The van der Waals surface area contributed by atoms with Crippen molar-refractivity contribution < 1.29 is 27.7 Å². The Morgan fingerprint density at radius 1 is 1.25 bits per heavy atom. The highest BCUT2D eigenvalue weighted by Gasteiger charge is 2.40. The Balaban J connectivity index is 2.48. The predicted octanol–water partition coefficient (Wildman–Crippen LogP) is 1.34. The Kier molecular flexibility index (Phi) is 4.86. The maximum absolute atomic E-state index is 12.4. The Morgan fingerprint density at radius 3 is 2.25 bits per heavy atom. The molecule has 0 N–H and O–H groups in total. The van der Waals surface area contributed by atoms with E-state index in [0.717, 1.165) is 24.5 Å². The van der Waals surface area contributed by atoms with Crippen LogP contribution in [0, 0.1) is 16.0 Å². The van der Waals surface area contributed by atoms with Crippen LogP contribution in [0.25, 0.3) is 0 Å². The van der Waals surface area contributed by atoms with Gasteiger partial charge >= 0.3 is 0 Å². The van der Waals surface area contributed by atoms with Crippen LogP contribution >= 0.6 is 11.6 Å². The van der Waals surface area contributed by atoms with E-state index in [2.05, 4.69) is 0 Å².